The van der Waals surface area contributed by atoms with Crippen LogP contribution in [0.15, 0.2) is 69.5 Å². The summed E-state index contributed by atoms with van der Waals surface area (Å²) >= 11 is 3.55. The lowest BCUT2D eigenvalue weighted by molar-refractivity contribution is -0.119. The average Bonchev–Trinajstić information content (AvgIpc) is 2.86. The maximum absolute atomic E-state index is 14.1. The first-order valence-electron chi connectivity index (χ1n) is 13.8. The maximum atomic E-state index is 14.1. The molecule has 0 spiro atoms. The zero-order chi connectivity index (χ0) is 28.8. The van der Waals surface area contributed by atoms with E-state index in [1.807, 2.05) is 49.4 Å². The molecule has 40 heavy (non-hydrogen) atoms. The van der Waals surface area contributed by atoms with Crippen LogP contribution in [0.25, 0.3) is 0 Å². The number of ether oxygens (including phenoxy) is 2. The lowest BCUT2D eigenvalue weighted by Gasteiger charge is -2.49. The van der Waals surface area contributed by atoms with Gasteiger partial charge >= 0.3 is 0 Å². The molecule has 2 aromatic carbocycles. The van der Waals surface area contributed by atoms with E-state index in [9.17, 15) is 9.59 Å². The summed E-state index contributed by atoms with van der Waals surface area (Å²) in [6.45, 7) is 10.7. The van der Waals surface area contributed by atoms with Crippen molar-refractivity contribution in [3.63, 3.8) is 0 Å². The van der Waals surface area contributed by atoms with Crippen LogP contribution in [0.5, 0.6) is 11.5 Å². The number of benzene rings is 2. The van der Waals surface area contributed by atoms with Crippen molar-refractivity contribution in [1.82, 2.24) is 0 Å². The van der Waals surface area contributed by atoms with Gasteiger partial charge in [0, 0.05) is 51.5 Å². The second-order valence-electron chi connectivity index (χ2n) is 12.4. The van der Waals surface area contributed by atoms with Crippen LogP contribution in [0.2, 0.25) is 0 Å². The van der Waals surface area contributed by atoms with Crippen molar-refractivity contribution in [1.29, 1.82) is 5.26 Å². The molecule has 7 heteroatoms. The summed E-state index contributed by atoms with van der Waals surface area (Å²) in [5.74, 6) is 0.626. The molecule has 0 saturated carbocycles. The number of hydrogen-bond donors (Lipinski definition) is 0. The second kappa shape index (κ2) is 10.6. The highest BCUT2D eigenvalue weighted by atomic mass is 79.9. The van der Waals surface area contributed by atoms with E-state index in [1.54, 1.807) is 6.07 Å². The molecule has 0 atom stereocenters. The van der Waals surface area contributed by atoms with Crippen molar-refractivity contribution in [3.05, 3.63) is 75.0 Å². The van der Waals surface area contributed by atoms with Gasteiger partial charge in [-0.2, -0.15) is 5.26 Å². The number of halogens is 1. The van der Waals surface area contributed by atoms with Crippen molar-refractivity contribution < 1.29 is 19.1 Å². The van der Waals surface area contributed by atoms with E-state index in [-0.39, 0.29) is 29.0 Å². The zero-order valence-corrected chi connectivity index (χ0v) is 25.4. The normalized spacial score (nSPS) is 20.2. The Kier molecular flexibility index (Phi) is 7.43. The molecule has 0 unspecified atom stereocenters. The van der Waals surface area contributed by atoms with E-state index in [0.29, 0.717) is 54.9 Å². The Hall–Kier alpha value is -3.37. The number of Topliss-reactive ketones (excluding diaryl/α,β-unsaturated/α-hetero) is 2. The number of hydrogen-bond acceptors (Lipinski definition) is 6. The van der Waals surface area contributed by atoms with Gasteiger partial charge in [0.1, 0.15) is 6.07 Å². The first-order chi connectivity index (χ1) is 18.9. The molecule has 208 valence electrons. The molecule has 0 saturated heterocycles. The molecule has 0 radical (unpaired) electrons. The Morgan fingerprint density at radius 2 is 1.45 bits per heavy atom. The summed E-state index contributed by atoms with van der Waals surface area (Å²) < 4.78 is 12.5. The van der Waals surface area contributed by atoms with Crippen LogP contribution in [0.1, 0.15) is 71.8 Å². The van der Waals surface area contributed by atoms with Crippen molar-refractivity contribution in [2.24, 2.45) is 10.8 Å². The van der Waals surface area contributed by atoms with Crippen LogP contribution in [0.3, 0.4) is 0 Å². The Morgan fingerprint density at radius 3 is 1.98 bits per heavy atom. The topological polar surface area (TPSA) is 79.6 Å². The lowest BCUT2D eigenvalue weighted by Crippen LogP contribution is -2.44. The predicted molar refractivity (Wildman–Crippen MR) is 158 cm³/mol. The van der Waals surface area contributed by atoms with Crippen LogP contribution in [0.4, 0.5) is 5.69 Å². The maximum Gasteiger partial charge on any atom is 0.174 e. The van der Waals surface area contributed by atoms with Gasteiger partial charge in [-0.1, -0.05) is 49.7 Å². The molecule has 0 N–H and O–H groups in total. The van der Waals surface area contributed by atoms with Gasteiger partial charge in [-0.3, -0.25) is 9.59 Å². The van der Waals surface area contributed by atoms with Gasteiger partial charge in [-0.25, -0.2) is 0 Å². The fourth-order valence-corrected chi connectivity index (χ4v) is 6.67. The number of nitriles is 1. The summed E-state index contributed by atoms with van der Waals surface area (Å²) in [6.07, 6.45) is 2.27. The SMILES string of the molecule is CCOc1cc(C2C3=C(CC(C)(C)CC3=O)N(c3ccc(Br)cc3)C3=C2C(=O)CC(C)(C)C3)ccc1OCC#N. The molecule has 1 heterocycles. The van der Waals surface area contributed by atoms with Crippen LogP contribution in [-0.2, 0) is 9.59 Å². The molecule has 6 nitrogen and oxygen atoms in total. The van der Waals surface area contributed by atoms with Crippen molar-refractivity contribution >= 4 is 33.2 Å². The van der Waals surface area contributed by atoms with Crippen molar-refractivity contribution in [2.75, 3.05) is 18.1 Å². The Balaban J connectivity index is 1.78. The van der Waals surface area contributed by atoms with Crippen molar-refractivity contribution in [2.45, 2.75) is 66.2 Å². The highest BCUT2D eigenvalue weighted by Gasteiger charge is 2.49. The molecular formula is C33H35BrN2O4. The first-order valence-corrected chi connectivity index (χ1v) is 14.6. The Labute approximate surface area is 244 Å². The number of anilines is 1. The number of carbonyl (C=O) groups excluding carboxylic acids is 2. The summed E-state index contributed by atoms with van der Waals surface area (Å²) in [6, 6.07) is 15.7. The molecule has 2 aromatic rings. The van der Waals surface area contributed by atoms with Gasteiger partial charge in [0.05, 0.1) is 6.61 Å². The van der Waals surface area contributed by atoms with Gasteiger partial charge in [0.15, 0.2) is 29.7 Å². The minimum absolute atomic E-state index is 0.0744. The average molecular weight is 604 g/mol. The van der Waals surface area contributed by atoms with Crippen LogP contribution in [-0.4, -0.2) is 24.8 Å². The van der Waals surface area contributed by atoms with Gasteiger partial charge in [-0.15, -0.1) is 0 Å². The number of carbonyl (C=O) groups is 2. The molecule has 0 aromatic heterocycles. The molecule has 0 amide bonds. The van der Waals surface area contributed by atoms with E-state index in [4.69, 9.17) is 14.7 Å². The number of ketones is 2. The second-order valence-corrected chi connectivity index (χ2v) is 13.3. The first kappa shape index (κ1) is 28.2. The largest absolute Gasteiger partial charge is 0.490 e. The quantitative estimate of drug-likeness (QED) is 0.338. The summed E-state index contributed by atoms with van der Waals surface area (Å²) in [5, 5.41) is 9.03. The Morgan fingerprint density at radius 1 is 0.875 bits per heavy atom. The summed E-state index contributed by atoms with van der Waals surface area (Å²) in [5.41, 5.74) is 4.68. The zero-order valence-electron chi connectivity index (χ0n) is 23.8. The highest BCUT2D eigenvalue weighted by Crippen LogP contribution is 2.56. The van der Waals surface area contributed by atoms with E-state index in [2.05, 4.69) is 48.5 Å². The minimum Gasteiger partial charge on any atom is -0.490 e. The van der Waals surface area contributed by atoms with E-state index < -0.39 is 5.92 Å². The third kappa shape index (κ3) is 5.22. The molecule has 0 bridgehead atoms. The summed E-state index contributed by atoms with van der Waals surface area (Å²) in [7, 11) is 0. The monoisotopic (exact) mass is 602 g/mol. The number of allylic oxidation sites excluding steroid dienone is 4. The lowest BCUT2D eigenvalue weighted by atomic mass is 9.63. The van der Waals surface area contributed by atoms with Crippen LogP contribution >= 0.6 is 15.9 Å². The molecular weight excluding hydrogens is 568 g/mol. The van der Waals surface area contributed by atoms with Gasteiger partial charge in [-0.05, 0) is 72.6 Å². The Bertz CT molecular complexity index is 1420. The number of nitrogens with zero attached hydrogens (tertiary/aromatic N) is 2. The van der Waals surface area contributed by atoms with E-state index in [1.165, 1.54) is 0 Å². The third-order valence-electron chi connectivity index (χ3n) is 7.89. The predicted octanol–water partition coefficient (Wildman–Crippen LogP) is 7.64. The third-order valence-corrected chi connectivity index (χ3v) is 8.42. The molecule has 5 rings (SSSR count). The molecule has 2 aliphatic carbocycles. The van der Waals surface area contributed by atoms with Gasteiger partial charge in [0.25, 0.3) is 0 Å². The smallest absolute Gasteiger partial charge is 0.174 e. The van der Waals surface area contributed by atoms with Crippen molar-refractivity contribution in [3.8, 4) is 17.6 Å². The summed E-state index contributed by atoms with van der Waals surface area (Å²) in [4.78, 5) is 30.3. The fourth-order valence-electron chi connectivity index (χ4n) is 6.40. The minimum atomic E-state index is -0.492. The van der Waals surface area contributed by atoms with Gasteiger partial charge < -0.3 is 14.4 Å². The fraction of sp³-hybridized carbons (Fsp3) is 0.424. The number of rotatable bonds is 6. The van der Waals surface area contributed by atoms with Gasteiger partial charge in [0.2, 0.25) is 0 Å². The molecule has 0 fully saturated rings. The van der Waals surface area contributed by atoms with E-state index in [0.717, 1.165) is 27.1 Å². The highest BCUT2D eigenvalue weighted by molar-refractivity contribution is 9.10. The van der Waals surface area contributed by atoms with Crippen LogP contribution in [0, 0.1) is 22.2 Å². The molecule has 3 aliphatic rings. The standard InChI is InChI=1S/C33H35BrN2O4/c1-6-39-28-15-20(7-12-27(28)40-14-13-35)29-30-23(16-32(2,3)18-25(30)37)36(22-10-8-21(34)9-11-22)24-17-33(4,5)19-26(38)31(24)29/h7-12,15,29H,6,14,16-19H2,1-5H3. The van der Waals surface area contributed by atoms with Crippen LogP contribution < -0.4 is 14.4 Å². The molecule has 1 aliphatic heterocycles. The van der Waals surface area contributed by atoms with E-state index >= 15 is 0 Å².